The number of rotatable bonds is 5. The largest absolute Gasteiger partial charge is 0.380 e. The Hall–Kier alpha value is -2.35. The molecule has 1 amide bonds. The van der Waals surface area contributed by atoms with E-state index >= 15 is 0 Å². The van der Waals surface area contributed by atoms with Crippen LogP contribution in [0.25, 0.3) is 10.1 Å². The molecule has 3 heterocycles. The van der Waals surface area contributed by atoms with Gasteiger partial charge in [0.15, 0.2) is 0 Å². The number of fused-ring (bicyclic) bond motifs is 1. The SMILES string of the molecule is COCc1c(C(=O)N2CCN(Cc3ccccn3)CC2)sc2cccc(F)c12. The second-order valence-corrected chi connectivity index (χ2v) is 7.90. The lowest BCUT2D eigenvalue weighted by Gasteiger charge is -2.34. The van der Waals surface area contributed by atoms with Crippen molar-refractivity contribution in [2.75, 3.05) is 33.3 Å². The Labute approximate surface area is 167 Å². The fraction of sp³-hybridized carbons (Fsp3) is 0.333. The quantitative estimate of drug-likeness (QED) is 0.658. The lowest BCUT2D eigenvalue weighted by atomic mass is 10.1. The zero-order valence-electron chi connectivity index (χ0n) is 15.7. The van der Waals surface area contributed by atoms with E-state index in [4.69, 9.17) is 4.74 Å². The van der Waals surface area contributed by atoms with Crippen molar-refractivity contribution in [1.29, 1.82) is 0 Å². The molecule has 28 heavy (non-hydrogen) atoms. The fourth-order valence-corrected chi connectivity index (χ4v) is 4.79. The molecule has 0 spiro atoms. The van der Waals surface area contributed by atoms with Crippen molar-refractivity contribution in [3.63, 3.8) is 0 Å². The van der Waals surface area contributed by atoms with Crippen LogP contribution in [0.5, 0.6) is 0 Å². The first-order chi connectivity index (χ1) is 13.7. The van der Waals surface area contributed by atoms with E-state index in [0.717, 1.165) is 30.0 Å². The average molecular weight is 399 g/mol. The first-order valence-corrected chi connectivity index (χ1v) is 10.1. The summed E-state index contributed by atoms with van der Waals surface area (Å²) in [7, 11) is 1.56. The molecule has 3 aromatic rings. The highest BCUT2D eigenvalue weighted by atomic mass is 32.1. The minimum atomic E-state index is -0.306. The third-order valence-electron chi connectivity index (χ3n) is 5.02. The molecule has 5 nitrogen and oxygen atoms in total. The second kappa shape index (κ2) is 8.34. The summed E-state index contributed by atoms with van der Waals surface area (Å²) in [6.07, 6.45) is 1.80. The molecule has 0 bridgehead atoms. The maximum absolute atomic E-state index is 14.4. The number of carbonyl (C=O) groups excluding carboxylic acids is 1. The summed E-state index contributed by atoms with van der Waals surface area (Å²) in [5, 5.41) is 0.506. The zero-order valence-corrected chi connectivity index (χ0v) is 16.5. The molecule has 2 aromatic heterocycles. The molecule has 146 valence electrons. The van der Waals surface area contributed by atoms with E-state index < -0.39 is 0 Å². The van der Waals surface area contributed by atoms with Crippen LogP contribution in [0.3, 0.4) is 0 Å². The van der Waals surface area contributed by atoms with Crippen molar-refractivity contribution in [3.05, 3.63) is 64.5 Å². The Morgan fingerprint density at radius 2 is 2.00 bits per heavy atom. The van der Waals surface area contributed by atoms with E-state index in [0.29, 0.717) is 28.9 Å². The highest BCUT2D eigenvalue weighted by Crippen LogP contribution is 2.34. The number of pyridine rings is 1. The number of hydrogen-bond donors (Lipinski definition) is 0. The van der Waals surface area contributed by atoms with Gasteiger partial charge in [0.2, 0.25) is 0 Å². The standard InChI is InChI=1S/C21H22FN3O2S/c1-27-14-16-19-17(22)6-4-7-18(19)28-20(16)21(26)25-11-9-24(10-12-25)13-15-5-2-3-8-23-15/h2-8H,9-14H2,1H3. The Balaban J connectivity index is 1.50. The van der Waals surface area contributed by atoms with Gasteiger partial charge in [0.05, 0.1) is 17.2 Å². The van der Waals surface area contributed by atoms with Gasteiger partial charge in [-0.1, -0.05) is 12.1 Å². The fourth-order valence-electron chi connectivity index (χ4n) is 3.60. The number of ether oxygens (including phenoxy) is 1. The van der Waals surface area contributed by atoms with Gasteiger partial charge in [-0.3, -0.25) is 14.7 Å². The van der Waals surface area contributed by atoms with Crippen molar-refractivity contribution >= 4 is 27.3 Å². The Morgan fingerprint density at radius 1 is 1.18 bits per heavy atom. The van der Waals surface area contributed by atoms with Crippen LogP contribution < -0.4 is 0 Å². The van der Waals surface area contributed by atoms with Crippen LogP contribution in [-0.2, 0) is 17.9 Å². The first-order valence-electron chi connectivity index (χ1n) is 9.27. The van der Waals surface area contributed by atoms with Crippen molar-refractivity contribution in [3.8, 4) is 0 Å². The molecule has 0 aliphatic carbocycles. The topological polar surface area (TPSA) is 45.7 Å². The minimum absolute atomic E-state index is 0.0369. The summed E-state index contributed by atoms with van der Waals surface area (Å²) in [5.41, 5.74) is 1.69. The lowest BCUT2D eigenvalue weighted by Crippen LogP contribution is -2.48. The summed E-state index contributed by atoms with van der Waals surface area (Å²) in [6, 6.07) is 10.9. The molecule has 0 N–H and O–H groups in total. The van der Waals surface area contributed by atoms with Crippen molar-refractivity contribution in [1.82, 2.24) is 14.8 Å². The van der Waals surface area contributed by atoms with Crippen molar-refractivity contribution < 1.29 is 13.9 Å². The zero-order chi connectivity index (χ0) is 19.5. The Bertz CT molecular complexity index is 968. The van der Waals surface area contributed by atoms with E-state index in [2.05, 4.69) is 9.88 Å². The molecule has 1 aliphatic heterocycles. The number of benzene rings is 1. The Morgan fingerprint density at radius 3 is 2.71 bits per heavy atom. The average Bonchev–Trinajstić information content (AvgIpc) is 3.09. The van der Waals surface area contributed by atoms with Crippen LogP contribution in [0.15, 0.2) is 42.6 Å². The minimum Gasteiger partial charge on any atom is -0.380 e. The molecule has 0 unspecified atom stereocenters. The van der Waals surface area contributed by atoms with Crippen LogP contribution in [0, 0.1) is 5.82 Å². The molecule has 4 rings (SSSR count). The number of hydrogen-bond acceptors (Lipinski definition) is 5. The first kappa shape index (κ1) is 19.0. The smallest absolute Gasteiger partial charge is 0.264 e. The van der Waals surface area contributed by atoms with Crippen LogP contribution in [0.2, 0.25) is 0 Å². The lowest BCUT2D eigenvalue weighted by molar-refractivity contribution is 0.0628. The molecular formula is C21H22FN3O2S. The number of amides is 1. The van der Waals surface area contributed by atoms with Gasteiger partial charge < -0.3 is 9.64 Å². The molecule has 0 saturated carbocycles. The van der Waals surface area contributed by atoms with Gasteiger partial charge in [0.25, 0.3) is 5.91 Å². The van der Waals surface area contributed by atoms with Crippen LogP contribution in [0.4, 0.5) is 4.39 Å². The number of piperazine rings is 1. The van der Waals surface area contributed by atoms with Crippen LogP contribution in [-0.4, -0.2) is 54.0 Å². The van der Waals surface area contributed by atoms with E-state index in [1.165, 1.54) is 17.4 Å². The van der Waals surface area contributed by atoms with Gasteiger partial charge in [-0.25, -0.2) is 4.39 Å². The molecular weight excluding hydrogens is 377 g/mol. The predicted molar refractivity (Wildman–Crippen MR) is 108 cm³/mol. The molecule has 0 atom stereocenters. The van der Waals surface area contributed by atoms with Gasteiger partial charge in [0.1, 0.15) is 5.82 Å². The molecule has 1 fully saturated rings. The number of nitrogens with zero attached hydrogens (tertiary/aromatic N) is 3. The maximum Gasteiger partial charge on any atom is 0.264 e. The normalized spacial score (nSPS) is 15.3. The summed E-state index contributed by atoms with van der Waals surface area (Å²) in [6.45, 7) is 3.89. The predicted octanol–water partition coefficient (Wildman–Crippen LogP) is 3.54. The number of methoxy groups -OCH3 is 1. The van der Waals surface area contributed by atoms with Crippen molar-refractivity contribution in [2.24, 2.45) is 0 Å². The number of halogens is 1. The van der Waals surface area contributed by atoms with Gasteiger partial charge >= 0.3 is 0 Å². The third kappa shape index (κ3) is 3.78. The summed E-state index contributed by atoms with van der Waals surface area (Å²) in [4.78, 5) is 22.3. The molecule has 1 aromatic carbocycles. The van der Waals surface area contributed by atoms with Gasteiger partial charge in [0, 0.05) is 61.7 Å². The molecule has 7 heteroatoms. The van der Waals surface area contributed by atoms with Gasteiger partial charge in [-0.2, -0.15) is 0 Å². The monoisotopic (exact) mass is 399 g/mol. The van der Waals surface area contributed by atoms with Crippen molar-refractivity contribution in [2.45, 2.75) is 13.2 Å². The van der Waals surface area contributed by atoms with Crippen LogP contribution in [0.1, 0.15) is 20.9 Å². The number of carbonyl (C=O) groups is 1. The summed E-state index contributed by atoms with van der Waals surface area (Å²) in [5.74, 6) is -0.342. The molecule has 1 aliphatic rings. The van der Waals surface area contributed by atoms with E-state index in [9.17, 15) is 9.18 Å². The summed E-state index contributed by atoms with van der Waals surface area (Å²) >= 11 is 1.35. The second-order valence-electron chi connectivity index (χ2n) is 6.85. The van der Waals surface area contributed by atoms with E-state index in [1.807, 2.05) is 29.2 Å². The highest BCUT2D eigenvalue weighted by molar-refractivity contribution is 7.21. The molecule has 1 saturated heterocycles. The van der Waals surface area contributed by atoms with E-state index in [1.54, 1.807) is 19.4 Å². The van der Waals surface area contributed by atoms with E-state index in [-0.39, 0.29) is 18.3 Å². The Kier molecular flexibility index (Phi) is 5.66. The van der Waals surface area contributed by atoms with Gasteiger partial charge in [-0.05, 0) is 24.3 Å². The molecule has 0 radical (unpaired) electrons. The number of aromatic nitrogens is 1. The van der Waals surface area contributed by atoms with Crippen LogP contribution >= 0.6 is 11.3 Å². The third-order valence-corrected chi connectivity index (χ3v) is 6.20. The number of thiophene rings is 1. The van der Waals surface area contributed by atoms with Gasteiger partial charge in [-0.15, -0.1) is 11.3 Å². The summed E-state index contributed by atoms with van der Waals surface area (Å²) < 4.78 is 20.4. The maximum atomic E-state index is 14.4. The highest BCUT2D eigenvalue weighted by Gasteiger charge is 2.27.